The van der Waals surface area contributed by atoms with Crippen molar-refractivity contribution in [1.82, 2.24) is 10.1 Å². The third kappa shape index (κ3) is 3.02. The van der Waals surface area contributed by atoms with E-state index in [-0.39, 0.29) is 5.92 Å². The second-order valence-corrected chi connectivity index (χ2v) is 5.09. The van der Waals surface area contributed by atoms with E-state index in [0.29, 0.717) is 11.8 Å². The van der Waals surface area contributed by atoms with Crippen LogP contribution in [0.5, 0.6) is 0 Å². The van der Waals surface area contributed by atoms with Crippen LogP contribution in [0.15, 0.2) is 4.52 Å². The molecule has 1 aromatic rings. The third-order valence-corrected chi connectivity index (χ3v) is 3.66. The number of rotatable bonds is 4. The Hall–Kier alpha value is -1.10. The van der Waals surface area contributed by atoms with Crippen molar-refractivity contribution >= 4 is 5.95 Å². The first-order chi connectivity index (χ1) is 8.72. The maximum absolute atomic E-state index is 9.69. The maximum Gasteiger partial charge on any atom is 0.266 e. The fraction of sp³-hybridized carbons (Fsp3) is 0.846. The first-order valence-corrected chi connectivity index (χ1v) is 6.99. The molecule has 0 aromatic carbocycles. The van der Waals surface area contributed by atoms with E-state index in [1.807, 2.05) is 6.92 Å². The van der Waals surface area contributed by atoms with Gasteiger partial charge in [-0.15, -0.1) is 0 Å². The molecule has 2 unspecified atom stereocenters. The summed E-state index contributed by atoms with van der Waals surface area (Å²) in [5.41, 5.74) is 0. The number of anilines is 1. The Bertz CT molecular complexity index is 357. The maximum atomic E-state index is 9.69. The zero-order valence-electron chi connectivity index (χ0n) is 11.3. The molecule has 1 aliphatic rings. The summed E-state index contributed by atoms with van der Waals surface area (Å²) in [5, 5.41) is 13.8. The number of aromatic nitrogens is 2. The van der Waals surface area contributed by atoms with Gasteiger partial charge in [0.25, 0.3) is 5.95 Å². The summed E-state index contributed by atoms with van der Waals surface area (Å²) >= 11 is 0. The first-order valence-electron chi connectivity index (χ1n) is 6.99. The predicted molar refractivity (Wildman–Crippen MR) is 69.7 cm³/mol. The normalized spacial score (nSPS) is 20.5. The smallest absolute Gasteiger partial charge is 0.266 e. The van der Waals surface area contributed by atoms with Crippen LogP contribution in [0.25, 0.3) is 0 Å². The fourth-order valence-corrected chi connectivity index (χ4v) is 2.50. The van der Waals surface area contributed by atoms with Gasteiger partial charge >= 0.3 is 0 Å². The third-order valence-electron chi connectivity index (χ3n) is 3.66. The lowest BCUT2D eigenvalue weighted by molar-refractivity contribution is 0.141. The molecule has 0 saturated carbocycles. The zero-order chi connectivity index (χ0) is 13.0. The van der Waals surface area contributed by atoms with Crippen molar-refractivity contribution in [2.45, 2.75) is 58.0 Å². The summed E-state index contributed by atoms with van der Waals surface area (Å²) in [6.07, 6.45) is 5.31. The van der Waals surface area contributed by atoms with Crippen LogP contribution in [-0.2, 0) is 0 Å². The molecule has 18 heavy (non-hydrogen) atoms. The predicted octanol–water partition coefficient (Wildman–Crippen LogP) is 2.32. The molecule has 2 heterocycles. The quantitative estimate of drug-likeness (QED) is 0.892. The van der Waals surface area contributed by atoms with Gasteiger partial charge in [0.15, 0.2) is 0 Å². The lowest BCUT2D eigenvalue weighted by Crippen LogP contribution is -2.25. The van der Waals surface area contributed by atoms with Gasteiger partial charge in [-0.3, -0.25) is 0 Å². The summed E-state index contributed by atoms with van der Waals surface area (Å²) in [4.78, 5) is 6.65. The van der Waals surface area contributed by atoms with Crippen LogP contribution >= 0.6 is 0 Å². The van der Waals surface area contributed by atoms with Crippen molar-refractivity contribution in [2.24, 2.45) is 0 Å². The fourth-order valence-electron chi connectivity index (χ4n) is 2.50. The van der Waals surface area contributed by atoms with E-state index in [2.05, 4.69) is 15.0 Å². The molecule has 102 valence electrons. The van der Waals surface area contributed by atoms with E-state index < -0.39 is 6.10 Å². The highest BCUT2D eigenvalue weighted by molar-refractivity contribution is 5.28. The molecule has 5 nitrogen and oxygen atoms in total. The minimum Gasteiger partial charge on any atom is -0.393 e. The average Bonchev–Trinajstić information content (AvgIpc) is 2.65. The van der Waals surface area contributed by atoms with Crippen molar-refractivity contribution in [3.05, 3.63) is 5.89 Å². The Morgan fingerprint density at radius 3 is 2.50 bits per heavy atom. The van der Waals surface area contributed by atoms with E-state index >= 15 is 0 Å². The van der Waals surface area contributed by atoms with E-state index in [1.165, 1.54) is 25.7 Å². The largest absolute Gasteiger partial charge is 0.393 e. The van der Waals surface area contributed by atoms with Gasteiger partial charge in [0.05, 0.1) is 12.0 Å². The summed E-state index contributed by atoms with van der Waals surface area (Å²) in [6, 6.07) is 0. The Kier molecular flexibility index (Phi) is 4.58. The van der Waals surface area contributed by atoms with Crippen molar-refractivity contribution in [2.75, 3.05) is 18.0 Å². The highest BCUT2D eigenvalue weighted by Crippen LogP contribution is 2.24. The Morgan fingerprint density at radius 2 is 1.94 bits per heavy atom. The van der Waals surface area contributed by atoms with E-state index in [4.69, 9.17) is 4.52 Å². The van der Waals surface area contributed by atoms with Crippen LogP contribution < -0.4 is 4.90 Å². The summed E-state index contributed by atoms with van der Waals surface area (Å²) in [5.74, 6) is 1.19. The second-order valence-electron chi connectivity index (χ2n) is 5.09. The van der Waals surface area contributed by atoms with Gasteiger partial charge in [0.2, 0.25) is 5.89 Å². The second kappa shape index (κ2) is 6.18. The van der Waals surface area contributed by atoms with Crippen molar-refractivity contribution in [3.8, 4) is 0 Å². The Morgan fingerprint density at radius 1 is 1.28 bits per heavy atom. The van der Waals surface area contributed by atoms with Gasteiger partial charge in [-0.1, -0.05) is 19.8 Å². The molecule has 1 fully saturated rings. The number of hydrogen-bond donors (Lipinski definition) is 1. The molecule has 5 heteroatoms. The highest BCUT2D eigenvalue weighted by atomic mass is 16.5. The van der Waals surface area contributed by atoms with Crippen LogP contribution in [-0.4, -0.2) is 34.4 Å². The van der Waals surface area contributed by atoms with Crippen molar-refractivity contribution in [3.63, 3.8) is 0 Å². The molecule has 1 saturated heterocycles. The van der Waals surface area contributed by atoms with Crippen LogP contribution in [0.2, 0.25) is 0 Å². The summed E-state index contributed by atoms with van der Waals surface area (Å²) < 4.78 is 5.31. The molecule has 0 amide bonds. The molecular weight excluding hydrogens is 230 g/mol. The van der Waals surface area contributed by atoms with Gasteiger partial charge in [-0.25, -0.2) is 0 Å². The van der Waals surface area contributed by atoms with E-state index in [0.717, 1.165) is 19.5 Å². The Labute approximate surface area is 108 Å². The zero-order valence-corrected chi connectivity index (χ0v) is 11.3. The molecule has 2 rings (SSSR count). The number of hydrogen-bond acceptors (Lipinski definition) is 5. The monoisotopic (exact) mass is 253 g/mol. The van der Waals surface area contributed by atoms with Crippen LogP contribution in [0.1, 0.15) is 57.8 Å². The van der Waals surface area contributed by atoms with Gasteiger partial charge in [0.1, 0.15) is 0 Å². The van der Waals surface area contributed by atoms with Crippen LogP contribution in [0.4, 0.5) is 5.95 Å². The van der Waals surface area contributed by atoms with Gasteiger partial charge in [-0.05, 0) is 31.3 Å². The average molecular weight is 253 g/mol. The number of aliphatic hydroxyl groups is 1. The SMILES string of the molecule is CCC(c1nc(N2CCCCCC2)no1)C(C)O. The van der Waals surface area contributed by atoms with Crippen molar-refractivity contribution < 1.29 is 9.63 Å². The lowest BCUT2D eigenvalue weighted by atomic mass is 10.0. The first kappa shape index (κ1) is 13.3. The lowest BCUT2D eigenvalue weighted by Gasteiger charge is -2.17. The molecule has 1 N–H and O–H groups in total. The molecular formula is C13H23N3O2. The van der Waals surface area contributed by atoms with Crippen LogP contribution in [0, 0.1) is 0 Å². The standard InChI is InChI=1S/C13H23N3O2/c1-3-11(10(2)17)12-14-13(15-18-12)16-8-6-4-5-7-9-16/h10-11,17H,3-9H2,1-2H3. The van der Waals surface area contributed by atoms with Gasteiger partial charge in [0, 0.05) is 13.1 Å². The van der Waals surface area contributed by atoms with Gasteiger partial charge in [-0.2, -0.15) is 4.98 Å². The number of nitrogens with zero attached hydrogens (tertiary/aromatic N) is 3. The molecule has 0 aliphatic carbocycles. The minimum atomic E-state index is -0.451. The molecule has 0 spiro atoms. The van der Waals surface area contributed by atoms with E-state index in [1.54, 1.807) is 6.92 Å². The molecule has 0 radical (unpaired) electrons. The van der Waals surface area contributed by atoms with Crippen molar-refractivity contribution in [1.29, 1.82) is 0 Å². The molecule has 0 bridgehead atoms. The minimum absolute atomic E-state index is 0.0572. The topological polar surface area (TPSA) is 62.4 Å². The highest BCUT2D eigenvalue weighted by Gasteiger charge is 2.24. The molecule has 2 atom stereocenters. The number of aliphatic hydroxyl groups excluding tert-OH is 1. The van der Waals surface area contributed by atoms with Gasteiger partial charge < -0.3 is 14.5 Å². The molecule has 1 aromatic heterocycles. The summed E-state index contributed by atoms with van der Waals surface area (Å²) in [7, 11) is 0. The van der Waals surface area contributed by atoms with E-state index in [9.17, 15) is 5.11 Å². The summed E-state index contributed by atoms with van der Waals surface area (Å²) in [6.45, 7) is 5.80. The van der Waals surface area contributed by atoms with Crippen LogP contribution in [0.3, 0.4) is 0 Å². The Balaban J connectivity index is 2.08. The molecule has 1 aliphatic heterocycles.